The molecule has 1 saturated heterocycles. The number of rotatable bonds is 2. The fraction of sp³-hybridized carbons (Fsp3) is 0.444. The monoisotopic (exact) mass is 313 g/mol. The van der Waals surface area contributed by atoms with Crippen molar-refractivity contribution >= 4 is 40.5 Å². The van der Waals surface area contributed by atoms with Crippen LogP contribution in [-0.2, 0) is 0 Å². The molecule has 2 aromatic heterocycles. The molecule has 0 amide bonds. The fourth-order valence-corrected chi connectivity index (χ4v) is 3.51. The van der Waals surface area contributed by atoms with Gasteiger partial charge in [-0.25, -0.2) is 15.0 Å². The van der Waals surface area contributed by atoms with Gasteiger partial charge in [-0.15, -0.1) is 11.8 Å². The number of aliphatic hydroxyl groups is 2. The highest BCUT2D eigenvalue weighted by Crippen LogP contribution is 2.41. The number of aromatic nitrogens is 4. The lowest BCUT2D eigenvalue weighted by atomic mass is 10.2. The summed E-state index contributed by atoms with van der Waals surface area (Å²) in [7, 11) is 0. The van der Waals surface area contributed by atoms with Gasteiger partial charge in [-0.3, -0.25) is 4.57 Å². The van der Waals surface area contributed by atoms with Crippen LogP contribution in [0.5, 0.6) is 0 Å². The standard InChI is InChI=1S/C9H8ClN7O2S/c10-6-4-7(13-2-12-6)17(9(14-4)15-16-11)8-5(19)3(18)1-20-8/h2-3,5,8,18-19H,1H2/t3-,5-,8-/m1/s1. The van der Waals surface area contributed by atoms with Crippen molar-refractivity contribution in [2.45, 2.75) is 17.6 Å². The lowest BCUT2D eigenvalue weighted by Gasteiger charge is -2.18. The number of imidazole rings is 1. The molecule has 3 rings (SSSR count). The van der Waals surface area contributed by atoms with Gasteiger partial charge < -0.3 is 10.2 Å². The van der Waals surface area contributed by atoms with Crippen LogP contribution in [0.1, 0.15) is 5.37 Å². The second-order valence-electron chi connectivity index (χ2n) is 4.09. The van der Waals surface area contributed by atoms with Crippen molar-refractivity contribution in [2.75, 3.05) is 5.75 Å². The zero-order chi connectivity index (χ0) is 14.3. The minimum Gasteiger partial charge on any atom is -0.389 e. The maximum atomic E-state index is 10.0. The van der Waals surface area contributed by atoms with Gasteiger partial charge in [0, 0.05) is 10.7 Å². The number of aliphatic hydroxyl groups excluding tert-OH is 2. The van der Waals surface area contributed by atoms with Gasteiger partial charge in [0.2, 0.25) is 0 Å². The summed E-state index contributed by atoms with van der Waals surface area (Å²) in [5, 5.41) is 22.7. The van der Waals surface area contributed by atoms with Crippen LogP contribution in [-0.4, -0.2) is 47.7 Å². The molecule has 0 spiro atoms. The minimum absolute atomic E-state index is 0.0237. The molecular formula is C9H8ClN7O2S. The van der Waals surface area contributed by atoms with Crippen LogP contribution in [0, 0.1) is 0 Å². The molecule has 0 bridgehead atoms. The van der Waals surface area contributed by atoms with E-state index in [1.807, 2.05) is 0 Å². The van der Waals surface area contributed by atoms with Crippen LogP contribution >= 0.6 is 23.4 Å². The first-order chi connectivity index (χ1) is 9.63. The van der Waals surface area contributed by atoms with E-state index >= 15 is 0 Å². The molecule has 11 heteroatoms. The van der Waals surface area contributed by atoms with Crippen LogP contribution in [0.25, 0.3) is 21.6 Å². The molecule has 0 aromatic carbocycles. The lowest BCUT2D eigenvalue weighted by Crippen LogP contribution is -2.27. The topological polar surface area (TPSA) is 133 Å². The molecule has 1 aliphatic rings. The molecule has 1 aliphatic heterocycles. The third kappa shape index (κ3) is 1.98. The Bertz CT molecular complexity index is 716. The fourth-order valence-electron chi connectivity index (χ4n) is 2.03. The zero-order valence-corrected chi connectivity index (χ0v) is 11.4. The van der Waals surface area contributed by atoms with E-state index in [1.54, 1.807) is 0 Å². The normalized spacial score (nSPS) is 25.9. The highest BCUT2D eigenvalue weighted by molar-refractivity contribution is 7.99. The van der Waals surface area contributed by atoms with E-state index < -0.39 is 17.6 Å². The first kappa shape index (κ1) is 13.4. The molecule has 3 atom stereocenters. The summed E-state index contributed by atoms with van der Waals surface area (Å²) in [5.74, 6) is 0.385. The van der Waals surface area contributed by atoms with Gasteiger partial charge in [-0.1, -0.05) is 11.6 Å². The molecule has 0 aliphatic carbocycles. The maximum absolute atomic E-state index is 10.0. The molecule has 1 fully saturated rings. The van der Waals surface area contributed by atoms with Gasteiger partial charge >= 0.3 is 0 Å². The van der Waals surface area contributed by atoms with E-state index in [1.165, 1.54) is 22.7 Å². The van der Waals surface area contributed by atoms with Crippen molar-refractivity contribution in [3.05, 3.63) is 21.9 Å². The van der Waals surface area contributed by atoms with Crippen LogP contribution in [0.4, 0.5) is 5.95 Å². The van der Waals surface area contributed by atoms with Gasteiger partial charge in [0.25, 0.3) is 0 Å². The Hall–Kier alpha value is -1.58. The molecule has 3 heterocycles. The Balaban J connectivity index is 2.24. The van der Waals surface area contributed by atoms with E-state index in [4.69, 9.17) is 17.1 Å². The van der Waals surface area contributed by atoms with Crippen LogP contribution in [0.3, 0.4) is 0 Å². The van der Waals surface area contributed by atoms with Crippen molar-refractivity contribution in [3.63, 3.8) is 0 Å². The highest BCUT2D eigenvalue weighted by Gasteiger charge is 2.37. The Morgan fingerprint density at radius 1 is 1.50 bits per heavy atom. The molecular weight excluding hydrogens is 306 g/mol. The van der Waals surface area contributed by atoms with Gasteiger partial charge in [0.05, 0.1) is 6.10 Å². The van der Waals surface area contributed by atoms with E-state index in [-0.39, 0.29) is 16.6 Å². The summed E-state index contributed by atoms with van der Waals surface area (Å²) in [6, 6.07) is 0. The Kier molecular flexibility index (Phi) is 3.40. The maximum Gasteiger partial charge on any atom is 0.200 e. The van der Waals surface area contributed by atoms with Gasteiger partial charge in [0.1, 0.15) is 23.3 Å². The Morgan fingerprint density at radius 2 is 2.30 bits per heavy atom. The number of thioether (sulfide) groups is 1. The average molecular weight is 314 g/mol. The third-order valence-electron chi connectivity index (χ3n) is 2.93. The second kappa shape index (κ2) is 5.08. The molecule has 20 heavy (non-hydrogen) atoms. The molecule has 104 valence electrons. The zero-order valence-electron chi connectivity index (χ0n) is 9.83. The molecule has 0 unspecified atom stereocenters. The number of hydrogen-bond donors (Lipinski definition) is 2. The number of halogens is 1. The van der Waals surface area contributed by atoms with Crippen LogP contribution in [0.2, 0.25) is 5.15 Å². The van der Waals surface area contributed by atoms with Crippen LogP contribution < -0.4 is 0 Å². The van der Waals surface area contributed by atoms with E-state index in [9.17, 15) is 10.2 Å². The Labute approximate surface area is 121 Å². The SMILES string of the molecule is [N-]=[N+]=Nc1nc2c(Cl)ncnc2n1[C@@H]1SC[C@@H](O)[C@H]1O. The first-order valence-corrected chi connectivity index (χ1v) is 6.97. The van der Waals surface area contributed by atoms with Crippen molar-refractivity contribution in [1.29, 1.82) is 0 Å². The van der Waals surface area contributed by atoms with E-state index in [2.05, 4.69) is 25.0 Å². The van der Waals surface area contributed by atoms with Crippen LogP contribution in [0.15, 0.2) is 11.4 Å². The number of azide groups is 1. The summed E-state index contributed by atoms with van der Waals surface area (Å²) in [6.45, 7) is 0. The summed E-state index contributed by atoms with van der Waals surface area (Å²) in [4.78, 5) is 14.7. The molecule has 0 saturated carbocycles. The largest absolute Gasteiger partial charge is 0.389 e. The van der Waals surface area contributed by atoms with Crippen molar-refractivity contribution in [2.24, 2.45) is 5.11 Å². The molecule has 2 N–H and O–H groups in total. The summed E-state index contributed by atoms with van der Waals surface area (Å²) in [6.07, 6.45) is -0.622. The quantitative estimate of drug-likeness (QED) is 0.372. The predicted octanol–water partition coefficient (Wildman–Crippen LogP) is 1.39. The van der Waals surface area contributed by atoms with Crippen molar-refractivity contribution < 1.29 is 10.2 Å². The summed E-state index contributed by atoms with van der Waals surface area (Å²) < 4.78 is 1.47. The first-order valence-electron chi connectivity index (χ1n) is 5.54. The smallest absolute Gasteiger partial charge is 0.200 e. The number of nitrogens with zero attached hydrogens (tertiary/aromatic N) is 7. The molecule has 2 aromatic rings. The van der Waals surface area contributed by atoms with Crippen molar-refractivity contribution in [1.82, 2.24) is 19.5 Å². The van der Waals surface area contributed by atoms with Crippen molar-refractivity contribution in [3.8, 4) is 0 Å². The lowest BCUT2D eigenvalue weighted by molar-refractivity contribution is 0.0316. The molecule has 9 nitrogen and oxygen atoms in total. The second-order valence-corrected chi connectivity index (χ2v) is 5.60. The van der Waals surface area contributed by atoms with Gasteiger partial charge in [-0.05, 0) is 10.6 Å². The predicted molar refractivity (Wildman–Crippen MR) is 72.6 cm³/mol. The van der Waals surface area contributed by atoms with E-state index in [0.29, 0.717) is 11.4 Å². The summed E-state index contributed by atoms with van der Waals surface area (Å²) in [5.41, 5.74) is 9.25. The number of fused-ring (bicyclic) bond motifs is 1. The highest BCUT2D eigenvalue weighted by atomic mass is 35.5. The third-order valence-corrected chi connectivity index (χ3v) is 4.57. The van der Waals surface area contributed by atoms with Gasteiger partial charge in [0.15, 0.2) is 16.7 Å². The number of hydrogen-bond acceptors (Lipinski definition) is 7. The average Bonchev–Trinajstić information content (AvgIpc) is 2.94. The summed E-state index contributed by atoms with van der Waals surface area (Å²) >= 11 is 7.25. The van der Waals surface area contributed by atoms with E-state index in [0.717, 1.165) is 0 Å². The van der Waals surface area contributed by atoms with Gasteiger partial charge in [-0.2, -0.15) is 0 Å². The minimum atomic E-state index is -1.02. The Morgan fingerprint density at radius 3 is 2.95 bits per heavy atom. The molecule has 0 radical (unpaired) electrons.